The van der Waals surface area contributed by atoms with Crippen LogP contribution < -0.4 is 21.9 Å². The minimum Gasteiger partial charge on any atom is -0.363 e. The molecule has 6 heteroatoms. The van der Waals surface area contributed by atoms with Crippen molar-refractivity contribution in [2.75, 3.05) is 25.0 Å². The van der Waals surface area contributed by atoms with Gasteiger partial charge in [-0.25, -0.2) is 4.98 Å². The van der Waals surface area contributed by atoms with Crippen LogP contribution in [-0.4, -0.2) is 35.2 Å². The maximum absolute atomic E-state index is 12.6. The van der Waals surface area contributed by atoms with Crippen molar-refractivity contribution in [1.82, 2.24) is 14.9 Å². The van der Waals surface area contributed by atoms with Gasteiger partial charge in [-0.05, 0) is 43.5 Å². The first-order valence-electron chi connectivity index (χ1n) is 11.6. The van der Waals surface area contributed by atoms with E-state index in [9.17, 15) is 4.79 Å². The predicted molar refractivity (Wildman–Crippen MR) is 132 cm³/mol. The number of hydrogen-bond donors (Lipinski definition) is 3. The van der Waals surface area contributed by atoms with Crippen molar-refractivity contribution < 1.29 is 0 Å². The molecule has 0 saturated carbocycles. The van der Waals surface area contributed by atoms with Gasteiger partial charge in [-0.15, -0.1) is 0 Å². The van der Waals surface area contributed by atoms with Crippen LogP contribution in [0.5, 0.6) is 0 Å². The van der Waals surface area contributed by atoms with Gasteiger partial charge < -0.3 is 20.9 Å². The van der Waals surface area contributed by atoms with E-state index < -0.39 is 0 Å². The maximum atomic E-state index is 12.6. The highest BCUT2D eigenvalue weighted by Crippen LogP contribution is 2.23. The third kappa shape index (κ3) is 6.77. The smallest absolute Gasteiger partial charge is 0.293 e. The van der Waals surface area contributed by atoms with Gasteiger partial charge in [0.2, 0.25) is 0 Å². The molecule has 0 aliphatic heterocycles. The molecule has 0 spiro atoms. The van der Waals surface area contributed by atoms with E-state index in [1.165, 1.54) is 11.1 Å². The van der Waals surface area contributed by atoms with Crippen molar-refractivity contribution in [2.45, 2.75) is 44.7 Å². The fourth-order valence-electron chi connectivity index (χ4n) is 3.88. The molecule has 3 rings (SSSR count). The van der Waals surface area contributed by atoms with Crippen LogP contribution in [0.1, 0.15) is 43.2 Å². The molecule has 1 aromatic heterocycles. The fraction of sp³-hybridized carbons (Fsp3) is 0.385. The van der Waals surface area contributed by atoms with Gasteiger partial charge in [-0.3, -0.25) is 4.79 Å². The third-order valence-electron chi connectivity index (χ3n) is 5.77. The molecule has 1 unspecified atom stereocenters. The number of nitrogens with zero attached hydrogens (tertiary/aromatic N) is 2. The van der Waals surface area contributed by atoms with E-state index in [4.69, 9.17) is 5.73 Å². The molecular weight excluding hydrogens is 398 g/mol. The molecule has 32 heavy (non-hydrogen) atoms. The van der Waals surface area contributed by atoms with Gasteiger partial charge in [0, 0.05) is 37.4 Å². The lowest BCUT2D eigenvalue weighted by atomic mass is 9.91. The Bertz CT molecular complexity index is 935. The van der Waals surface area contributed by atoms with E-state index in [0.717, 1.165) is 32.4 Å². The minimum absolute atomic E-state index is 0.0828. The highest BCUT2D eigenvalue weighted by Gasteiger charge is 2.15. The summed E-state index contributed by atoms with van der Waals surface area (Å²) in [4.78, 5) is 16.9. The third-order valence-corrected chi connectivity index (χ3v) is 5.77. The van der Waals surface area contributed by atoms with Gasteiger partial charge in [0.1, 0.15) is 0 Å². The van der Waals surface area contributed by atoms with E-state index in [2.05, 4.69) is 83.2 Å². The van der Waals surface area contributed by atoms with Crippen molar-refractivity contribution in [1.29, 1.82) is 0 Å². The number of rotatable bonds is 13. The summed E-state index contributed by atoms with van der Waals surface area (Å²) in [7, 11) is 0. The first kappa shape index (κ1) is 23.7. The quantitative estimate of drug-likeness (QED) is 0.359. The summed E-state index contributed by atoms with van der Waals surface area (Å²) < 4.78 is 1.68. The number of aryl methyl sites for hydroxylation is 1. The molecule has 1 atom stereocenters. The van der Waals surface area contributed by atoms with Crippen LogP contribution >= 0.6 is 0 Å². The van der Waals surface area contributed by atoms with Gasteiger partial charge in [0.15, 0.2) is 5.82 Å². The van der Waals surface area contributed by atoms with E-state index in [1.807, 2.05) is 0 Å². The molecule has 3 aromatic rings. The lowest BCUT2D eigenvalue weighted by Gasteiger charge is -2.21. The zero-order chi connectivity index (χ0) is 22.6. The average Bonchev–Trinajstić information content (AvgIpc) is 2.84. The van der Waals surface area contributed by atoms with E-state index in [-0.39, 0.29) is 11.6 Å². The van der Waals surface area contributed by atoms with Crippen LogP contribution in [-0.2, 0) is 6.54 Å². The monoisotopic (exact) mass is 433 g/mol. The topological polar surface area (TPSA) is 85.0 Å². The highest BCUT2D eigenvalue weighted by molar-refractivity contribution is 5.33. The first-order chi connectivity index (χ1) is 15.7. The number of nitrogens with one attached hydrogen (secondary N) is 2. The Morgan fingerprint density at radius 3 is 2.28 bits per heavy atom. The summed E-state index contributed by atoms with van der Waals surface area (Å²) in [5, 5.41) is 6.98. The lowest BCUT2D eigenvalue weighted by Crippen LogP contribution is -2.32. The van der Waals surface area contributed by atoms with E-state index >= 15 is 0 Å². The molecule has 0 radical (unpaired) electrons. The Kier molecular flexibility index (Phi) is 9.47. The van der Waals surface area contributed by atoms with Crippen molar-refractivity contribution in [3.63, 3.8) is 0 Å². The van der Waals surface area contributed by atoms with Crippen molar-refractivity contribution in [3.8, 4) is 0 Å². The molecule has 0 amide bonds. The molecular formula is C26H35N5O. The Balaban J connectivity index is 1.57. The molecule has 0 aliphatic rings. The van der Waals surface area contributed by atoms with Gasteiger partial charge in [0.05, 0.1) is 0 Å². The summed E-state index contributed by atoms with van der Waals surface area (Å²) in [5.41, 5.74) is 8.11. The Morgan fingerprint density at radius 2 is 1.69 bits per heavy atom. The van der Waals surface area contributed by atoms with Crippen LogP contribution in [0.25, 0.3) is 0 Å². The Labute approximate surface area is 190 Å². The minimum atomic E-state index is -0.0828. The Morgan fingerprint density at radius 1 is 1.03 bits per heavy atom. The van der Waals surface area contributed by atoms with Crippen LogP contribution in [0.4, 0.5) is 5.82 Å². The normalized spacial score (nSPS) is 12.1. The zero-order valence-electron chi connectivity index (χ0n) is 18.9. The number of anilines is 1. The standard InChI is InChI=1S/C26H35N5O/c1-2-23(30-25-26(32)31(18-9-15-27)19-17-29-25)14-16-28-20-24(21-10-5-3-6-11-21)22-12-7-4-8-13-22/h3-8,10-13,17,19,23-24,28H,2,9,14-16,18,20,27H2,1H3,(H,29,30). The van der Waals surface area contributed by atoms with Crippen molar-refractivity contribution in [2.24, 2.45) is 5.73 Å². The molecule has 1 heterocycles. The summed E-state index contributed by atoms with van der Waals surface area (Å²) in [6, 6.07) is 21.4. The lowest BCUT2D eigenvalue weighted by molar-refractivity contribution is 0.555. The summed E-state index contributed by atoms with van der Waals surface area (Å²) >= 11 is 0. The molecule has 170 valence electrons. The van der Waals surface area contributed by atoms with Gasteiger partial charge >= 0.3 is 0 Å². The molecule has 6 nitrogen and oxygen atoms in total. The summed E-state index contributed by atoms with van der Waals surface area (Å²) in [6.45, 7) is 5.03. The molecule has 4 N–H and O–H groups in total. The molecule has 0 fully saturated rings. The predicted octanol–water partition coefficient (Wildman–Crippen LogP) is 3.59. The highest BCUT2D eigenvalue weighted by atomic mass is 16.1. The zero-order valence-corrected chi connectivity index (χ0v) is 18.9. The number of hydrogen-bond acceptors (Lipinski definition) is 5. The van der Waals surface area contributed by atoms with Gasteiger partial charge in [-0.2, -0.15) is 0 Å². The molecule has 2 aromatic carbocycles. The number of nitrogens with two attached hydrogens (primary N) is 1. The molecule has 0 saturated heterocycles. The number of aromatic nitrogens is 2. The van der Waals surface area contributed by atoms with Crippen LogP contribution in [0, 0.1) is 0 Å². The second-order valence-corrected chi connectivity index (χ2v) is 8.03. The van der Waals surface area contributed by atoms with Crippen LogP contribution in [0.2, 0.25) is 0 Å². The largest absolute Gasteiger partial charge is 0.363 e. The maximum Gasteiger partial charge on any atom is 0.293 e. The Hall–Kier alpha value is -2.96. The van der Waals surface area contributed by atoms with Crippen molar-refractivity contribution in [3.05, 3.63) is 94.5 Å². The van der Waals surface area contributed by atoms with Gasteiger partial charge in [0.25, 0.3) is 5.56 Å². The summed E-state index contributed by atoms with van der Waals surface area (Å²) in [6.07, 6.45) is 6.00. The second-order valence-electron chi connectivity index (χ2n) is 8.03. The summed E-state index contributed by atoms with van der Waals surface area (Å²) in [5.74, 6) is 0.721. The average molecular weight is 434 g/mol. The molecule has 0 bridgehead atoms. The first-order valence-corrected chi connectivity index (χ1v) is 11.6. The molecule has 0 aliphatic carbocycles. The SMILES string of the molecule is CCC(CCNCC(c1ccccc1)c1ccccc1)Nc1nccn(CCCN)c1=O. The van der Waals surface area contributed by atoms with Crippen molar-refractivity contribution >= 4 is 5.82 Å². The van der Waals surface area contributed by atoms with E-state index in [0.29, 0.717) is 24.8 Å². The van der Waals surface area contributed by atoms with Gasteiger partial charge in [-0.1, -0.05) is 67.6 Å². The van der Waals surface area contributed by atoms with E-state index in [1.54, 1.807) is 17.0 Å². The second kappa shape index (κ2) is 12.8. The van der Waals surface area contributed by atoms with Crippen LogP contribution in [0.15, 0.2) is 77.9 Å². The number of benzene rings is 2. The van der Waals surface area contributed by atoms with Crippen LogP contribution in [0.3, 0.4) is 0 Å². The fourth-order valence-corrected chi connectivity index (χ4v) is 3.88.